The van der Waals surface area contributed by atoms with Gasteiger partial charge in [-0.3, -0.25) is 9.69 Å². The summed E-state index contributed by atoms with van der Waals surface area (Å²) in [7, 11) is 0. The summed E-state index contributed by atoms with van der Waals surface area (Å²) in [5.74, 6) is 0.534. The molecule has 2 N–H and O–H groups in total. The normalized spacial score (nSPS) is 18.7. The molecule has 3 aromatic rings. The van der Waals surface area contributed by atoms with Gasteiger partial charge in [-0.15, -0.1) is 0 Å². The average molecular weight is 692 g/mol. The van der Waals surface area contributed by atoms with Crippen molar-refractivity contribution in [1.82, 2.24) is 14.7 Å². The molecule has 2 fully saturated rings. The number of hydrogen-bond acceptors (Lipinski definition) is 5. The molecule has 0 aromatic heterocycles. The Morgan fingerprint density at radius 3 is 2.24 bits per heavy atom. The number of amides is 3. The first-order valence-corrected chi connectivity index (χ1v) is 16.8. The molecule has 2 heterocycles. The Balaban J connectivity index is 1.26. The smallest absolute Gasteiger partial charge is 0.408 e. The number of nitrogens with zero attached hydrogens (tertiary/aromatic N) is 3. The van der Waals surface area contributed by atoms with Crippen LogP contribution in [0.5, 0.6) is 11.5 Å². The van der Waals surface area contributed by atoms with Gasteiger partial charge in [-0.05, 0) is 104 Å². The first kappa shape index (κ1) is 34.1. The highest BCUT2D eigenvalue weighted by Gasteiger charge is 2.49. The molecule has 2 atom stereocenters. The van der Waals surface area contributed by atoms with Gasteiger partial charge in [-0.2, -0.15) is 0 Å². The second kappa shape index (κ2) is 14.4. The van der Waals surface area contributed by atoms with Crippen LogP contribution < -0.4 is 9.47 Å². The third kappa shape index (κ3) is 7.62. The summed E-state index contributed by atoms with van der Waals surface area (Å²) in [6, 6.07) is 15.6. The van der Waals surface area contributed by atoms with Crippen molar-refractivity contribution in [3.63, 3.8) is 0 Å². The quantitative estimate of drug-likeness (QED) is 0.216. The largest absolute Gasteiger partial charge is 0.490 e. The molecule has 3 aromatic carbocycles. The molecular formula is C37H39ClFN3O7. The monoisotopic (exact) mass is 691 g/mol. The molecule has 6 rings (SSSR count). The summed E-state index contributed by atoms with van der Waals surface area (Å²) in [5.41, 5.74) is 4.77. The van der Waals surface area contributed by atoms with E-state index < -0.39 is 24.3 Å². The Labute approximate surface area is 289 Å². The van der Waals surface area contributed by atoms with Gasteiger partial charge in [0, 0.05) is 31.2 Å². The van der Waals surface area contributed by atoms with Gasteiger partial charge in [0.15, 0.2) is 0 Å². The van der Waals surface area contributed by atoms with Crippen LogP contribution in [-0.2, 0) is 11.2 Å². The molecule has 49 heavy (non-hydrogen) atoms. The van der Waals surface area contributed by atoms with E-state index >= 15 is 0 Å². The molecule has 10 nitrogen and oxygen atoms in total. The van der Waals surface area contributed by atoms with Crippen molar-refractivity contribution in [1.29, 1.82) is 0 Å². The minimum atomic E-state index is -1.19. The Morgan fingerprint density at radius 2 is 1.59 bits per heavy atom. The number of carboxylic acid groups (broad SMARTS) is 2. The van der Waals surface area contributed by atoms with Crippen molar-refractivity contribution < 1.29 is 38.5 Å². The van der Waals surface area contributed by atoms with Crippen LogP contribution in [0.25, 0.3) is 5.57 Å². The van der Waals surface area contributed by atoms with Gasteiger partial charge in [0.2, 0.25) is 0 Å². The van der Waals surface area contributed by atoms with Crippen molar-refractivity contribution in [2.45, 2.75) is 57.7 Å². The number of carbonyl (C=O) groups excluding carboxylic acids is 1. The lowest BCUT2D eigenvalue weighted by atomic mass is 9.81. The SMILES string of the molecule is Cc1cc(Cl)c(OCCOc2ccc(C3=C(C(=O)N(CCc4ccc(F)cc4)C4CC4)[C@H]4CN(C(=O)O)C[C@@H](C3)N4C(=O)O)cc2)cc1C. The number of benzene rings is 3. The van der Waals surface area contributed by atoms with Crippen molar-refractivity contribution in [3.05, 3.63) is 99.3 Å². The second-order valence-corrected chi connectivity index (χ2v) is 13.2. The maximum Gasteiger partial charge on any atom is 0.408 e. The third-order valence-corrected chi connectivity index (χ3v) is 9.83. The summed E-state index contributed by atoms with van der Waals surface area (Å²) >= 11 is 6.32. The van der Waals surface area contributed by atoms with Crippen LogP contribution in [0, 0.1) is 19.7 Å². The molecule has 0 spiro atoms. The summed E-state index contributed by atoms with van der Waals surface area (Å²) in [6.07, 6.45) is -0.0403. The highest BCUT2D eigenvalue weighted by Crippen LogP contribution is 2.41. The third-order valence-electron chi connectivity index (χ3n) is 9.54. The molecule has 1 saturated carbocycles. The number of piperazine rings is 1. The van der Waals surface area contributed by atoms with E-state index in [9.17, 15) is 29.0 Å². The predicted octanol–water partition coefficient (Wildman–Crippen LogP) is 6.66. The van der Waals surface area contributed by atoms with Crippen molar-refractivity contribution >= 4 is 35.3 Å². The molecule has 1 aliphatic carbocycles. The van der Waals surface area contributed by atoms with Gasteiger partial charge >= 0.3 is 12.2 Å². The fourth-order valence-electron chi connectivity index (χ4n) is 6.72. The van der Waals surface area contributed by atoms with E-state index in [-0.39, 0.29) is 50.5 Å². The lowest BCUT2D eigenvalue weighted by molar-refractivity contribution is -0.128. The van der Waals surface area contributed by atoms with E-state index in [1.165, 1.54) is 21.9 Å². The van der Waals surface area contributed by atoms with Crippen LogP contribution >= 0.6 is 11.6 Å². The maximum absolute atomic E-state index is 14.6. The van der Waals surface area contributed by atoms with Crippen LogP contribution in [0.2, 0.25) is 5.02 Å². The molecule has 258 valence electrons. The van der Waals surface area contributed by atoms with Crippen LogP contribution in [-0.4, -0.2) is 94.0 Å². The highest BCUT2D eigenvalue weighted by atomic mass is 35.5. The molecular weight excluding hydrogens is 653 g/mol. The average Bonchev–Trinajstić information content (AvgIpc) is 3.91. The zero-order valence-electron chi connectivity index (χ0n) is 27.4. The Morgan fingerprint density at radius 1 is 0.918 bits per heavy atom. The molecule has 3 amide bonds. The van der Waals surface area contributed by atoms with Crippen LogP contribution in [0.3, 0.4) is 0 Å². The minimum Gasteiger partial charge on any atom is -0.490 e. The summed E-state index contributed by atoms with van der Waals surface area (Å²) in [6.45, 7) is 4.73. The number of carbonyl (C=O) groups is 3. The molecule has 0 radical (unpaired) electrons. The number of aryl methyl sites for hydroxylation is 2. The predicted molar refractivity (Wildman–Crippen MR) is 182 cm³/mol. The number of rotatable bonds is 11. The number of hydrogen-bond donors (Lipinski definition) is 2. The molecule has 12 heteroatoms. The highest BCUT2D eigenvalue weighted by molar-refractivity contribution is 6.32. The van der Waals surface area contributed by atoms with Crippen LogP contribution in [0.15, 0.2) is 66.2 Å². The minimum absolute atomic E-state index is 0.00568. The van der Waals surface area contributed by atoms with E-state index in [4.69, 9.17) is 21.1 Å². The second-order valence-electron chi connectivity index (χ2n) is 12.8. The molecule has 3 aliphatic rings. The fourth-order valence-corrected chi connectivity index (χ4v) is 6.99. The van der Waals surface area contributed by atoms with Gasteiger partial charge in [0.25, 0.3) is 5.91 Å². The lowest BCUT2D eigenvalue weighted by Gasteiger charge is -2.49. The molecule has 0 unspecified atom stereocenters. The number of fused-ring (bicyclic) bond motifs is 2. The molecule has 1 saturated heterocycles. The van der Waals surface area contributed by atoms with Gasteiger partial charge in [-0.25, -0.2) is 14.0 Å². The summed E-state index contributed by atoms with van der Waals surface area (Å²) in [4.78, 5) is 43.5. The Bertz CT molecular complexity index is 1760. The number of halogens is 2. The molecule has 2 aliphatic heterocycles. The van der Waals surface area contributed by atoms with Crippen LogP contribution in [0.4, 0.5) is 14.0 Å². The lowest BCUT2D eigenvalue weighted by Crippen LogP contribution is -2.65. The van der Waals surface area contributed by atoms with E-state index in [1.54, 1.807) is 29.2 Å². The van der Waals surface area contributed by atoms with Gasteiger partial charge < -0.3 is 29.5 Å². The topological polar surface area (TPSA) is 120 Å². The fraction of sp³-hybridized carbons (Fsp3) is 0.378. The van der Waals surface area contributed by atoms with Crippen molar-refractivity contribution in [3.8, 4) is 11.5 Å². The first-order valence-electron chi connectivity index (χ1n) is 16.4. The van der Waals surface area contributed by atoms with Gasteiger partial charge in [0.05, 0.1) is 17.1 Å². The summed E-state index contributed by atoms with van der Waals surface area (Å²) in [5, 5.41) is 20.7. The zero-order valence-corrected chi connectivity index (χ0v) is 28.2. The van der Waals surface area contributed by atoms with Crippen molar-refractivity contribution in [2.75, 3.05) is 32.8 Å². The molecule has 2 bridgehead atoms. The van der Waals surface area contributed by atoms with E-state index in [1.807, 2.05) is 38.1 Å². The standard InChI is InChI=1S/C37H39ClFN3O7/c1-22-17-31(38)33(18-23(22)2)49-16-15-48-29-11-5-25(6-12-29)30-19-28-20-40(36(44)45)21-32(42(28)37(46)47)34(30)35(43)41(27-9-10-27)14-13-24-3-7-26(39)8-4-24/h3-8,11-12,17-18,27-28,32H,9-10,13-16,19-21H2,1-2H3,(H,44,45)(H,46,47)/t28-,32-/m1/s1. The van der Waals surface area contributed by atoms with Gasteiger partial charge in [-0.1, -0.05) is 35.9 Å². The van der Waals surface area contributed by atoms with Crippen molar-refractivity contribution in [2.24, 2.45) is 0 Å². The summed E-state index contributed by atoms with van der Waals surface area (Å²) < 4.78 is 25.3. The Kier molecular flexibility index (Phi) is 10.0. The van der Waals surface area contributed by atoms with E-state index in [2.05, 4.69) is 0 Å². The van der Waals surface area contributed by atoms with E-state index in [0.29, 0.717) is 40.6 Å². The first-order chi connectivity index (χ1) is 23.5. The maximum atomic E-state index is 14.6. The Hall–Kier alpha value is -4.77. The van der Waals surface area contributed by atoms with E-state index in [0.717, 1.165) is 35.1 Å². The van der Waals surface area contributed by atoms with Gasteiger partial charge in [0.1, 0.15) is 30.5 Å². The zero-order chi connectivity index (χ0) is 34.8. The number of ether oxygens (including phenoxy) is 2. The van der Waals surface area contributed by atoms with Crippen LogP contribution in [0.1, 0.15) is 41.5 Å².